The molecule has 4 heterocycles. The van der Waals surface area contributed by atoms with E-state index >= 15 is 0 Å². The molecule has 4 aromatic rings. The smallest absolute Gasteiger partial charge is 0.163 e. The number of rotatable bonds is 5. The molecular weight excluding hydrogens is 428 g/mol. The number of hydrogen-bond acceptors (Lipinski definition) is 6. The molecule has 5 rings (SSSR count). The maximum absolute atomic E-state index is 14.6. The van der Waals surface area contributed by atoms with Crippen molar-refractivity contribution < 1.29 is 13.5 Å². The van der Waals surface area contributed by atoms with Gasteiger partial charge in [-0.3, -0.25) is 5.10 Å². The third kappa shape index (κ3) is 4.02. The highest BCUT2D eigenvalue weighted by Gasteiger charge is 2.25. The van der Waals surface area contributed by atoms with Crippen molar-refractivity contribution in [2.45, 2.75) is 26.7 Å². The Morgan fingerprint density at radius 3 is 2.58 bits per heavy atom. The number of halogens is 2. The highest BCUT2D eigenvalue weighted by molar-refractivity contribution is 5.67. The lowest BCUT2D eigenvalue weighted by Gasteiger charge is -2.29. The van der Waals surface area contributed by atoms with Crippen molar-refractivity contribution >= 4 is 23.1 Å². The summed E-state index contributed by atoms with van der Waals surface area (Å²) in [5, 5.41) is 15.2. The van der Waals surface area contributed by atoms with Crippen LogP contribution in [0.5, 0.6) is 0 Å². The summed E-state index contributed by atoms with van der Waals surface area (Å²) in [4.78, 5) is 7.02. The summed E-state index contributed by atoms with van der Waals surface area (Å²) in [6, 6.07) is 7.48. The minimum Gasteiger partial charge on any atom is -0.378 e. The maximum Gasteiger partial charge on any atom is 0.163 e. The van der Waals surface area contributed by atoms with E-state index in [0.29, 0.717) is 36.1 Å². The van der Waals surface area contributed by atoms with Gasteiger partial charge in [-0.1, -0.05) is 13.0 Å². The lowest BCUT2D eigenvalue weighted by molar-refractivity contribution is 0.122. The number of fused-ring (bicyclic) bond motifs is 1. The molecule has 1 saturated heterocycles. The molecule has 0 spiro atoms. The van der Waals surface area contributed by atoms with E-state index in [1.165, 1.54) is 12.1 Å². The van der Waals surface area contributed by atoms with E-state index in [0.717, 1.165) is 41.9 Å². The Morgan fingerprint density at radius 1 is 1.09 bits per heavy atom. The van der Waals surface area contributed by atoms with Crippen LogP contribution in [0.1, 0.15) is 35.4 Å². The molecule has 1 atom stereocenters. The number of aromatic amines is 1. The first-order chi connectivity index (χ1) is 15.9. The molecule has 1 aromatic carbocycles. The molecule has 1 unspecified atom stereocenters. The summed E-state index contributed by atoms with van der Waals surface area (Å²) in [7, 11) is 0. The fourth-order valence-corrected chi connectivity index (χ4v) is 4.33. The molecule has 1 fully saturated rings. The van der Waals surface area contributed by atoms with Crippen LogP contribution in [0.2, 0.25) is 0 Å². The number of benzene rings is 1. The molecule has 3 aromatic heterocycles. The molecule has 0 saturated carbocycles. The van der Waals surface area contributed by atoms with E-state index in [-0.39, 0.29) is 5.92 Å². The van der Waals surface area contributed by atoms with Crippen molar-refractivity contribution in [3.05, 3.63) is 64.5 Å². The van der Waals surface area contributed by atoms with Crippen LogP contribution < -0.4 is 10.2 Å². The van der Waals surface area contributed by atoms with Crippen molar-refractivity contribution in [1.29, 1.82) is 0 Å². The maximum atomic E-state index is 14.6. The minimum absolute atomic E-state index is 0.379. The van der Waals surface area contributed by atoms with Crippen molar-refractivity contribution in [1.82, 2.24) is 24.8 Å². The third-order valence-electron chi connectivity index (χ3n) is 5.95. The predicted molar refractivity (Wildman–Crippen MR) is 121 cm³/mol. The largest absolute Gasteiger partial charge is 0.378 e. The molecule has 1 aliphatic heterocycles. The second-order valence-corrected chi connectivity index (χ2v) is 8.28. The normalized spacial score (nSPS) is 15.2. The van der Waals surface area contributed by atoms with Crippen LogP contribution in [0, 0.1) is 25.5 Å². The van der Waals surface area contributed by atoms with Gasteiger partial charge in [0, 0.05) is 48.5 Å². The van der Waals surface area contributed by atoms with Crippen molar-refractivity contribution in [3.63, 3.8) is 0 Å². The number of aromatic nitrogens is 5. The van der Waals surface area contributed by atoms with Gasteiger partial charge in [0.2, 0.25) is 0 Å². The van der Waals surface area contributed by atoms with Gasteiger partial charge in [-0.25, -0.2) is 13.8 Å². The average molecular weight is 453 g/mol. The first kappa shape index (κ1) is 21.3. The van der Waals surface area contributed by atoms with Gasteiger partial charge in [0.25, 0.3) is 0 Å². The molecular formula is C23H25F2N7O. The Morgan fingerprint density at radius 2 is 1.88 bits per heavy atom. The predicted octanol–water partition coefficient (Wildman–Crippen LogP) is 4.08. The lowest BCUT2D eigenvalue weighted by Crippen LogP contribution is -2.37. The summed E-state index contributed by atoms with van der Waals surface area (Å²) in [6.07, 6.45) is 0. The van der Waals surface area contributed by atoms with E-state index in [4.69, 9.17) is 14.8 Å². The number of hydrogen-bond donors (Lipinski definition) is 2. The van der Waals surface area contributed by atoms with Gasteiger partial charge in [0.05, 0.1) is 18.9 Å². The van der Waals surface area contributed by atoms with Gasteiger partial charge in [-0.15, -0.1) is 0 Å². The SMILES string of the molecule is Cc1cc(Nc2cc(N3CCOCC3)n3nc(C)c(C(C)c4ccc(F)cc4F)c3n2)n[nH]1. The van der Waals surface area contributed by atoms with Crippen LogP contribution >= 0.6 is 0 Å². The van der Waals surface area contributed by atoms with Crippen molar-refractivity contribution in [2.75, 3.05) is 36.5 Å². The summed E-state index contributed by atoms with van der Waals surface area (Å²) in [5.74, 6) is 0.538. The number of ether oxygens (including phenoxy) is 1. The molecule has 10 heteroatoms. The molecule has 0 amide bonds. The van der Waals surface area contributed by atoms with E-state index in [1.807, 2.05) is 32.9 Å². The Balaban J connectivity index is 1.66. The van der Waals surface area contributed by atoms with Gasteiger partial charge in [0.1, 0.15) is 23.3 Å². The van der Waals surface area contributed by atoms with E-state index in [1.54, 1.807) is 4.52 Å². The Hall–Kier alpha value is -3.53. The zero-order valence-electron chi connectivity index (χ0n) is 18.7. The van der Waals surface area contributed by atoms with E-state index in [2.05, 4.69) is 20.4 Å². The average Bonchev–Trinajstić information content (AvgIpc) is 3.35. The summed E-state index contributed by atoms with van der Waals surface area (Å²) < 4.78 is 35.5. The fourth-order valence-electron chi connectivity index (χ4n) is 4.33. The molecule has 0 aliphatic carbocycles. The molecule has 0 radical (unpaired) electrons. The number of nitrogens with one attached hydrogen (secondary N) is 2. The molecule has 1 aliphatic rings. The van der Waals surface area contributed by atoms with Crippen LogP contribution in [0.25, 0.3) is 5.65 Å². The van der Waals surface area contributed by atoms with Gasteiger partial charge < -0.3 is 15.0 Å². The summed E-state index contributed by atoms with van der Waals surface area (Å²) in [5.41, 5.74) is 3.46. The number of nitrogens with zero attached hydrogens (tertiary/aromatic N) is 5. The molecule has 2 N–H and O–H groups in total. The van der Waals surface area contributed by atoms with Crippen molar-refractivity contribution in [2.24, 2.45) is 0 Å². The minimum atomic E-state index is -0.603. The Labute approximate surface area is 189 Å². The Bertz CT molecular complexity index is 1310. The second kappa shape index (κ2) is 8.43. The summed E-state index contributed by atoms with van der Waals surface area (Å²) in [6.45, 7) is 8.37. The van der Waals surface area contributed by atoms with Gasteiger partial charge in [-0.2, -0.15) is 14.7 Å². The first-order valence-corrected chi connectivity index (χ1v) is 10.9. The lowest BCUT2D eigenvalue weighted by atomic mass is 9.92. The van der Waals surface area contributed by atoms with Crippen molar-refractivity contribution in [3.8, 4) is 0 Å². The number of morpholine rings is 1. The quantitative estimate of drug-likeness (QED) is 0.474. The summed E-state index contributed by atoms with van der Waals surface area (Å²) >= 11 is 0. The van der Waals surface area contributed by atoms with Crippen LogP contribution in [-0.4, -0.2) is 51.1 Å². The van der Waals surface area contributed by atoms with Gasteiger partial charge >= 0.3 is 0 Å². The van der Waals surface area contributed by atoms with Gasteiger partial charge in [-0.05, 0) is 25.5 Å². The topological polar surface area (TPSA) is 83.4 Å². The van der Waals surface area contributed by atoms with E-state index in [9.17, 15) is 8.78 Å². The zero-order chi connectivity index (χ0) is 23.1. The zero-order valence-corrected chi connectivity index (χ0v) is 18.7. The van der Waals surface area contributed by atoms with Crippen LogP contribution in [0.4, 0.5) is 26.2 Å². The molecule has 8 nitrogen and oxygen atoms in total. The highest BCUT2D eigenvalue weighted by Crippen LogP contribution is 2.34. The van der Waals surface area contributed by atoms with E-state index < -0.39 is 11.6 Å². The number of anilines is 3. The highest BCUT2D eigenvalue weighted by atomic mass is 19.1. The molecule has 33 heavy (non-hydrogen) atoms. The van der Waals surface area contributed by atoms with Crippen LogP contribution in [0.15, 0.2) is 30.3 Å². The fraction of sp³-hybridized carbons (Fsp3) is 0.348. The standard InChI is InChI=1S/C23H25F2N7O/c1-13-10-20(29-28-13)26-19-12-21(31-6-8-33-9-7-31)32-23(27-19)22(15(3)30-32)14(2)17-5-4-16(24)11-18(17)25/h4-5,10-12,14H,6-9H2,1-3H3,(H2,26,27,28,29). The number of H-pyrrole nitrogens is 1. The van der Waals surface area contributed by atoms with Gasteiger partial charge in [0.15, 0.2) is 11.5 Å². The third-order valence-corrected chi connectivity index (χ3v) is 5.95. The number of aryl methyl sites for hydroxylation is 2. The molecule has 172 valence electrons. The second-order valence-electron chi connectivity index (χ2n) is 8.28. The molecule has 0 bridgehead atoms. The first-order valence-electron chi connectivity index (χ1n) is 10.9. The monoisotopic (exact) mass is 453 g/mol. The van der Waals surface area contributed by atoms with Crippen LogP contribution in [-0.2, 0) is 4.74 Å². The van der Waals surface area contributed by atoms with Crippen LogP contribution in [0.3, 0.4) is 0 Å². The Kier molecular flexibility index (Phi) is 5.45.